The number of hydrogen-bond acceptors (Lipinski definition) is 2. The summed E-state index contributed by atoms with van der Waals surface area (Å²) in [7, 11) is 1.53. The molecule has 0 aliphatic carbocycles. The first kappa shape index (κ1) is 10.9. The van der Waals surface area contributed by atoms with Crippen molar-refractivity contribution in [3.05, 3.63) is 47.5 Å². The van der Waals surface area contributed by atoms with E-state index in [1.807, 2.05) is 0 Å². The molecule has 2 nitrogen and oxygen atoms in total. The number of halogens is 2. The van der Waals surface area contributed by atoms with Crippen molar-refractivity contribution in [1.82, 2.24) is 4.98 Å². The van der Waals surface area contributed by atoms with Crippen LogP contribution in [-0.2, 0) is 0 Å². The minimum absolute atomic E-state index is 0.377. The zero-order valence-electron chi connectivity index (χ0n) is 8.58. The molecule has 4 heteroatoms. The molecule has 0 unspecified atom stereocenters. The van der Waals surface area contributed by atoms with E-state index in [4.69, 9.17) is 16.3 Å². The number of hydrogen-bond donors (Lipinski definition) is 0. The van der Waals surface area contributed by atoms with Crippen LogP contribution >= 0.6 is 11.6 Å². The fourth-order valence-corrected chi connectivity index (χ4v) is 1.65. The minimum atomic E-state index is -0.539. The number of rotatable bonds is 2. The maximum atomic E-state index is 13.5. The summed E-state index contributed by atoms with van der Waals surface area (Å²) in [6, 6.07) is 8.35. The van der Waals surface area contributed by atoms with Crippen molar-refractivity contribution < 1.29 is 9.13 Å². The predicted molar refractivity (Wildman–Crippen MR) is 61.2 cm³/mol. The molecule has 1 heterocycles. The third-order valence-electron chi connectivity index (χ3n) is 2.21. The number of aromatic nitrogens is 1. The molecule has 0 saturated carbocycles. The molecule has 0 radical (unpaired) electrons. The normalized spacial score (nSPS) is 10.2. The van der Waals surface area contributed by atoms with Crippen LogP contribution in [0.5, 0.6) is 5.75 Å². The van der Waals surface area contributed by atoms with Crippen LogP contribution in [-0.4, -0.2) is 12.1 Å². The fourth-order valence-electron chi connectivity index (χ4n) is 1.48. The van der Waals surface area contributed by atoms with Crippen molar-refractivity contribution in [2.24, 2.45) is 0 Å². The largest absolute Gasteiger partial charge is 0.496 e. The van der Waals surface area contributed by atoms with Gasteiger partial charge in [0.25, 0.3) is 0 Å². The van der Waals surface area contributed by atoms with Gasteiger partial charge in [-0.2, -0.15) is 4.39 Å². The predicted octanol–water partition coefficient (Wildman–Crippen LogP) is 3.55. The van der Waals surface area contributed by atoms with Gasteiger partial charge in [-0.1, -0.05) is 11.6 Å². The van der Waals surface area contributed by atoms with Gasteiger partial charge in [0.2, 0.25) is 5.95 Å². The molecule has 0 amide bonds. The molecule has 16 heavy (non-hydrogen) atoms. The molecular formula is C12H9ClFNO. The van der Waals surface area contributed by atoms with Gasteiger partial charge >= 0.3 is 0 Å². The third-order valence-corrected chi connectivity index (χ3v) is 2.45. The second-order valence-electron chi connectivity index (χ2n) is 3.19. The average Bonchev–Trinajstić information content (AvgIpc) is 2.29. The molecule has 0 fully saturated rings. The van der Waals surface area contributed by atoms with Crippen LogP contribution in [0, 0.1) is 5.95 Å². The van der Waals surface area contributed by atoms with E-state index >= 15 is 0 Å². The second kappa shape index (κ2) is 4.49. The first-order chi connectivity index (χ1) is 7.72. The van der Waals surface area contributed by atoms with Crippen LogP contribution in [0.3, 0.4) is 0 Å². The Balaban J connectivity index is 2.63. The summed E-state index contributed by atoms with van der Waals surface area (Å²) in [6.45, 7) is 0. The zero-order valence-corrected chi connectivity index (χ0v) is 9.33. The van der Waals surface area contributed by atoms with Crippen molar-refractivity contribution in [2.75, 3.05) is 7.11 Å². The van der Waals surface area contributed by atoms with Crippen LogP contribution in [0.2, 0.25) is 5.02 Å². The van der Waals surface area contributed by atoms with Crippen molar-refractivity contribution in [3.63, 3.8) is 0 Å². The Morgan fingerprint density at radius 1 is 1.25 bits per heavy atom. The van der Waals surface area contributed by atoms with Crippen LogP contribution in [0.1, 0.15) is 0 Å². The third kappa shape index (κ3) is 1.99. The number of pyridine rings is 1. The van der Waals surface area contributed by atoms with Crippen LogP contribution < -0.4 is 4.74 Å². The first-order valence-electron chi connectivity index (χ1n) is 4.67. The van der Waals surface area contributed by atoms with E-state index < -0.39 is 5.95 Å². The molecule has 2 rings (SSSR count). The van der Waals surface area contributed by atoms with Gasteiger partial charge in [0.05, 0.1) is 7.11 Å². The Morgan fingerprint density at radius 3 is 2.75 bits per heavy atom. The van der Waals surface area contributed by atoms with E-state index in [1.165, 1.54) is 13.3 Å². The monoisotopic (exact) mass is 237 g/mol. The molecule has 0 aliphatic rings. The summed E-state index contributed by atoms with van der Waals surface area (Å²) in [5, 5.41) is 0.527. The van der Waals surface area contributed by atoms with Crippen LogP contribution in [0.25, 0.3) is 11.1 Å². The molecule has 1 aromatic heterocycles. The lowest BCUT2D eigenvalue weighted by molar-refractivity contribution is 0.416. The smallest absolute Gasteiger partial charge is 0.220 e. The van der Waals surface area contributed by atoms with E-state index in [0.29, 0.717) is 21.9 Å². The highest BCUT2D eigenvalue weighted by Crippen LogP contribution is 2.33. The van der Waals surface area contributed by atoms with E-state index in [2.05, 4.69) is 4.98 Å². The summed E-state index contributed by atoms with van der Waals surface area (Å²) >= 11 is 5.88. The van der Waals surface area contributed by atoms with Crippen LogP contribution in [0.4, 0.5) is 4.39 Å². The van der Waals surface area contributed by atoms with Gasteiger partial charge in [-0.25, -0.2) is 4.98 Å². The Labute approximate surface area is 97.7 Å². The lowest BCUT2D eigenvalue weighted by Gasteiger charge is -2.09. The molecular weight excluding hydrogens is 229 g/mol. The fraction of sp³-hybridized carbons (Fsp3) is 0.0833. The van der Waals surface area contributed by atoms with Gasteiger partial charge < -0.3 is 4.74 Å². The number of methoxy groups -OCH3 is 1. The number of nitrogens with zero attached hydrogens (tertiary/aromatic N) is 1. The maximum Gasteiger partial charge on any atom is 0.220 e. The van der Waals surface area contributed by atoms with Crippen molar-refractivity contribution in [2.45, 2.75) is 0 Å². The van der Waals surface area contributed by atoms with Crippen molar-refractivity contribution in [1.29, 1.82) is 0 Å². The number of benzene rings is 1. The highest BCUT2D eigenvalue weighted by atomic mass is 35.5. The van der Waals surface area contributed by atoms with Crippen molar-refractivity contribution >= 4 is 11.6 Å². The maximum absolute atomic E-state index is 13.5. The van der Waals surface area contributed by atoms with Crippen LogP contribution in [0.15, 0.2) is 36.5 Å². The van der Waals surface area contributed by atoms with E-state index in [-0.39, 0.29) is 0 Å². The summed E-state index contributed by atoms with van der Waals surface area (Å²) in [6.07, 6.45) is 1.40. The topological polar surface area (TPSA) is 22.1 Å². The lowest BCUT2D eigenvalue weighted by atomic mass is 10.1. The van der Waals surface area contributed by atoms with Gasteiger partial charge in [-0.3, -0.25) is 0 Å². The van der Waals surface area contributed by atoms with E-state index in [0.717, 1.165) is 0 Å². The Kier molecular flexibility index (Phi) is 3.06. The first-order valence-corrected chi connectivity index (χ1v) is 5.04. The van der Waals surface area contributed by atoms with Gasteiger partial charge in [0.15, 0.2) is 0 Å². The molecule has 0 atom stereocenters. The van der Waals surface area contributed by atoms with Gasteiger partial charge in [0, 0.05) is 22.3 Å². The molecule has 1 aromatic carbocycles. The van der Waals surface area contributed by atoms with E-state index in [9.17, 15) is 4.39 Å². The Bertz CT molecular complexity index is 516. The molecule has 0 saturated heterocycles. The molecule has 0 N–H and O–H groups in total. The van der Waals surface area contributed by atoms with E-state index in [1.54, 1.807) is 30.3 Å². The molecule has 82 valence electrons. The second-order valence-corrected chi connectivity index (χ2v) is 3.62. The van der Waals surface area contributed by atoms with Gasteiger partial charge in [-0.05, 0) is 30.3 Å². The summed E-state index contributed by atoms with van der Waals surface area (Å²) in [4.78, 5) is 3.60. The highest BCUT2D eigenvalue weighted by Gasteiger charge is 2.11. The Hall–Kier alpha value is -1.61. The average molecular weight is 238 g/mol. The lowest BCUT2D eigenvalue weighted by Crippen LogP contribution is -1.92. The Morgan fingerprint density at radius 2 is 2.06 bits per heavy atom. The quantitative estimate of drug-likeness (QED) is 0.746. The highest BCUT2D eigenvalue weighted by molar-refractivity contribution is 6.31. The molecule has 0 aliphatic heterocycles. The van der Waals surface area contributed by atoms with Gasteiger partial charge in [0.1, 0.15) is 5.75 Å². The molecule has 2 aromatic rings. The zero-order chi connectivity index (χ0) is 11.5. The summed E-state index contributed by atoms with van der Waals surface area (Å²) in [5.74, 6) is 0.0272. The van der Waals surface area contributed by atoms with Gasteiger partial charge in [-0.15, -0.1) is 0 Å². The SMILES string of the molecule is COc1ccc(Cl)cc1-c1cccnc1F. The molecule has 0 bridgehead atoms. The van der Waals surface area contributed by atoms with Crippen molar-refractivity contribution in [3.8, 4) is 16.9 Å². The number of ether oxygens (including phenoxy) is 1. The summed E-state index contributed by atoms with van der Waals surface area (Å²) in [5.41, 5.74) is 0.974. The standard InChI is InChI=1S/C12H9ClFNO/c1-16-11-5-4-8(13)7-10(11)9-3-2-6-15-12(9)14/h2-7H,1H3. The molecule has 0 spiro atoms. The summed E-state index contributed by atoms with van der Waals surface area (Å²) < 4.78 is 18.7. The minimum Gasteiger partial charge on any atom is -0.496 e.